The van der Waals surface area contributed by atoms with Gasteiger partial charge in [0.25, 0.3) is 11.8 Å². The van der Waals surface area contributed by atoms with Crippen LogP contribution in [0.25, 0.3) is 0 Å². The molecular weight excluding hydrogens is 291 g/mol. The summed E-state index contributed by atoms with van der Waals surface area (Å²) in [5.74, 6) is -2.26. The fourth-order valence-electron chi connectivity index (χ4n) is 1.37. The number of hydrogen-bond acceptors (Lipinski definition) is 5. The van der Waals surface area contributed by atoms with Gasteiger partial charge in [-0.25, -0.2) is 0 Å². The second-order valence-corrected chi connectivity index (χ2v) is 5.01. The van der Waals surface area contributed by atoms with Crippen molar-refractivity contribution in [3.05, 3.63) is 29.3 Å². The summed E-state index contributed by atoms with van der Waals surface area (Å²) in [6, 6.07) is 2.59. The molecule has 1 aromatic rings. The average Bonchev–Trinajstić information content (AvgIpc) is 2.52. The lowest BCUT2D eigenvalue weighted by molar-refractivity contribution is -0.0500. The minimum atomic E-state index is -5.82. The molecule has 0 unspecified atom stereocenters. The summed E-state index contributed by atoms with van der Waals surface area (Å²) in [5, 5.41) is 1.90. The summed E-state index contributed by atoms with van der Waals surface area (Å²) in [5.41, 5.74) is -5.90. The average molecular weight is 295 g/mol. The van der Waals surface area contributed by atoms with Crippen molar-refractivity contribution in [1.82, 2.24) is 5.32 Å². The van der Waals surface area contributed by atoms with Gasteiger partial charge in [-0.1, -0.05) is 0 Å². The first-order valence-electron chi connectivity index (χ1n) is 4.62. The molecule has 1 heterocycles. The van der Waals surface area contributed by atoms with E-state index in [1.807, 2.05) is 5.32 Å². The van der Waals surface area contributed by atoms with E-state index < -0.39 is 33.2 Å². The molecule has 19 heavy (non-hydrogen) atoms. The van der Waals surface area contributed by atoms with Crippen LogP contribution in [0, 0.1) is 0 Å². The summed E-state index contributed by atoms with van der Waals surface area (Å²) >= 11 is 0. The Balaban J connectivity index is 2.38. The highest BCUT2D eigenvalue weighted by Gasteiger charge is 2.48. The van der Waals surface area contributed by atoms with Crippen LogP contribution in [0.3, 0.4) is 0 Å². The number of hydrogen-bond donors (Lipinski definition) is 1. The van der Waals surface area contributed by atoms with Crippen molar-refractivity contribution in [1.29, 1.82) is 0 Å². The van der Waals surface area contributed by atoms with Crippen LogP contribution in [0.2, 0.25) is 0 Å². The van der Waals surface area contributed by atoms with Gasteiger partial charge >= 0.3 is 15.6 Å². The number of alkyl halides is 3. The molecule has 0 spiro atoms. The fourth-order valence-corrected chi connectivity index (χ4v) is 1.82. The minimum absolute atomic E-state index is 0.0678. The van der Waals surface area contributed by atoms with Crippen molar-refractivity contribution in [2.24, 2.45) is 0 Å². The molecule has 0 aliphatic carbocycles. The summed E-state index contributed by atoms with van der Waals surface area (Å²) in [6.45, 7) is 0. The monoisotopic (exact) mass is 295 g/mol. The van der Waals surface area contributed by atoms with Crippen LogP contribution >= 0.6 is 0 Å². The lowest BCUT2D eigenvalue weighted by atomic mass is 10.1. The number of nitrogens with one attached hydrogen (secondary N) is 1. The molecule has 0 atom stereocenters. The quantitative estimate of drug-likeness (QED) is 0.495. The van der Waals surface area contributed by atoms with Gasteiger partial charge in [0.2, 0.25) is 0 Å². The number of imide groups is 1. The Hall–Kier alpha value is -2.10. The Morgan fingerprint density at radius 1 is 1.05 bits per heavy atom. The molecule has 6 nitrogen and oxygen atoms in total. The Labute approximate surface area is 104 Å². The summed E-state index contributed by atoms with van der Waals surface area (Å²) < 4.78 is 61.6. The Morgan fingerprint density at radius 2 is 1.63 bits per heavy atom. The van der Waals surface area contributed by atoms with E-state index in [0.29, 0.717) is 0 Å². The highest BCUT2D eigenvalue weighted by atomic mass is 32.2. The topological polar surface area (TPSA) is 89.5 Å². The number of rotatable bonds is 2. The van der Waals surface area contributed by atoms with E-state index in [9.17, 15) is 31.2 Å². The molecule has 2 amide bonds. The van der Waals surface area contributed by atoms with E-state index in [2.05, 4.69) is 4.18 Å². The Bertz CT molecular complexity index is 680. The standard InChI is InChI=1S/C9H4F3NO5S/c10-9(11,12)19(16,17)18-4-1-2-5-6(3-4)8(15)13-7(5)14/h1-3H,(H,13,14,15). The van der Waals surface area contributed by atoms with Crippen LogP contribution in [-0.2, 0) is 10.1 Å². The van der Waals surface area contributed by atoms with Crippen molar-refractivity contribution in [3.8, 4) is 5.75 Å². The number of fused-ring (bicyclic) bond motifs is 1. The molecule has 1 N–H and O–H groups in total. The van der Waals surface area contributed by atoms with E-state index in [1.54, 1.807) is 0 Å². The van der Waals surface area contributed by atoms with E-state index >= 15 is 0 Å². The zero-order chi connectivity index (χ0) is 14.4. The molecule has 2 rings (SSSR count). The van der Waals surface area contributed by atoms with Crippen LogP contribution in [0.4, 0.5) is 13.2 Å². The zero-order valence-electron chi connectivity index (χ0n) is 8.82. The first-order chi connectivity index (χ1) is 8.62. The molecule has 0 bridgehead atoms. The first kappa shape index (κ1) is 13.3. The lowest BCUT2D eigenvalue weighted by Gasteiger charge is -2.09. The second-order valence-electron chi connectivity index (χ2n) is 3.47. The van der Waals surface area contributed by atoms with Gasteiger partial charge in [0, 0.05) is 0 Å². The summed E-state index contributed by atoms with van der Waals surface area (Å²) in [6.07, 6.45) is 0. The molecular formula is C9H4F3NO5S. The summed E-state index contributed by atoms with van der Waals surface area (Å²) in [7, 11) is -5.82. The third-order valence-corrected chi connectivity index (χ3v) is 3.18. The van der Waals surface area contributed by atoms with Crippen molar-refractivity contribution >= 4 is 21.9 Å². The molecule has 0 radical (unpaired) electrons. The number of benzene rings is 1. The molecule has 0 saturated heterocycles. The van der Waals surface area contributed by atoms with E-state index in [-0.39, 0.29) is 11.1 Å². The van der Waals surface area contributed by atoms with Gasteiger partial charge in [-0.15, -0.1) is 0 Å². The van der Waals surface area contributed by atoms with Crippen molar-refractivity contribution in [2.45, 2.75) is 5.51 Å². The summed E-state index contributed by atoms with van der Waals surface area (Å²) in [4.78, 5) is 22.4. The maximum atomic E-state index is 12.1. The van der Waals surface area contributed by atoms with Gasteiger partial charge in [0.15, 0.2) is 0 Å². The number of halogens is 3. The third kappa shape index (κ3) is 2.26. The van der Waals surface area contributed by atoms with Gasteiger partial charge in [0.1, 0.15) is 5.75 Å². The van der Waals surface area contributed by atoms with Gasteiger partial charge in [-0.05, 0) is 18.2 Å². The van der Waals surface area contributed by atoms with Crippen molar-refractivity contribution < 1.29 is 35.4 Å². The van der Waals surface area contributed by atoms with Crippen LogP contribution in [0.5, 0.6) is 5.75 Å². The molecule has 1 aliphatic heterocycles. The first-order valence-corrected chi connectivity index (χ1v) is 6.03. The molecule has 1 aliphatic rings. The van der Waals surface area contributed by atoms with Gasteiger partial charge in [-0.3, -0.25) is 14.9 Å². The van der Waals surface area contributed by atoms with Gasteiger partial charge < -0.3 is 4.18 Å². The van der Waals surface area contributed by atoms with Crippen molar-refractivity contribution in [2.75, 3.05) is 0 Å². The van der Waals surface area contributed by atoms with Gasteiger partial charge in [0.05, 0.1) is 11.1 Å². The van der Waals surface area contributed by atoms with Crippen LogP contribution in [0.15, 0.2) is 18.2 Å². The molecule has 0 fully saturated rings. The Morgan fingerprint density at radius 3 is 2.21 bits per heavy atom. The minimum Gasteiger partial charge on any atom is -0.376 e. The van der Waals surface area contributed by atoms with Gasteiger partial charge in [-0.2, -0.15) is 21.6 Å². The predicted molar refractivity (Wildman–Crippen MR) is 53.8 cm³/mol. The normalized spacial score (nSPS) is 15.1. The smallest absolute Gasteiger partial charge is 0.376 e. The highest BCUT2D eigenvalue weighted by Crippen LogP contribution is 2.28. The van der Waals surface area contributed by atoms with Crippen LogP contribution in [0.1, 0.15) is 20.7 Å². The molecule has 10 heteroatoms. The SMILES string of the molecule is O=C1NC(=O)c2cc(OS(=O)(=O)C(F)(F)F)ccc21. The molecule has 0 aromatic heterocycles. The maximum absolute atomic E-state index is 12.1. The molecule has 1 aromatic carbocycles. The van der Waals surface area contributed by atoms with Crippen LogP contribution < -0.4 is 9.50 Å². The highest BCUT2D eigenvalue weighted by molar-refractivity contribution is 7.88. The van der Waals surface area contributed by atoms with E-state index in [0.717, 1.165) is 18.2 Å². The van der Waals surface area contributed by atoms with E-state index in [4.69, 9.17) is 0 Å². The predicted octanol–water partition coefficient (Wildman–Crippen LogP) is 0.799. The second kappa shape index (κ2) is 3.95. The zero-order valence-corrected chi connectivity index (χ0v) is 9.63. The molecule has 0 saturated carbocycles. The van der Waals surface area contributed by atoms with Crippen LogP contribution in [-0.4, -0.2) is 25.7 Å². The molecule has 102 valence electrons. The Kier molecular flexibility index (Phi) is 2.77. The van der Waals surface area contributed by atoms with E-state index in [1.165, 1.54) is 0 Å². The number of carbonyl (C=O) groups excluding carboxylic acids is 2. The maximum Gasteiger partial charge on any atom is 0.534 e. The number of carbonyl (C=O) groups is 2. The number of amides is 2. The third-order valence-electron chi connectivity index (χ3n) is 2.20. The van der Waals surface area contributed by atoms with Crippen molar-refractivity contribution in [3.63, 3.8) is 0 Å². The largest absolute Gasteiger partial charge is 0.534 e. The lowest BCUT2D eigenvalue weighted by Crippen LogP contribution is -2.28. The fraction of sp³-hybridized carbons (Fsp3) is 0.111.